The van der Waals surface area contributed by atoms with E-state index in [0.29, 0.717) is 29.8 Å². The van der Waals surface area contributed by atoms with Crippen LogP contribution in [0.2, 0.25) is 0 Å². The van der Waals surface area contributed by atoms with Crippen molar-refractivity contribution in [2.24, 2.45) is 0 Å². The number of furan rings is 1. The molecular formula is C17H14FN5O2S2. The average molecular weight is 403 g/mol. The van der Waals surface area contributed by atoms with Crippen molar-refractivity contribution in [2.45, 2.75) is 24.1 Å². The van der Waals surface area contributed by atoms with Gasteiger partial charge in [-0.05, 0) is 46.8 Å². The van der Waals surface area contributed by atoms with E-state index in [2.05, 4.69) is 20.5 Å². The molecule has 0 aliphatic carbocycles. The van der Waals surface area contributed by atoms with E-state index < -0.39 is 0 Å². The molecule has 3 aromatic heterocycles. The van der Waals surface area contributed by atoms with Gasteiger partial charge in [-0.3, -0.25) is 0 Å². The van der Waals surface area contributed by atoms with E-state index in [0.717, 1.165) is 16.5 Å². The van der Waals surface area contributed by atoms with Gasteiger partial charge in [0.1, 0.15) is 35.5 Å². The molecule has 0 aliphatic rings. The van der Waals surface area contributed by atoms with Gasteiger partial charge in [-0.25, -0.2) is 14.1 Å². The summed E-state index contributed by atoms with van der Waals surface area (Å²) in [6.45, 7) is 0.827. The van der Waals surface area contributed by atoms with Crippen LogP contribution in [0.1, 0.15) is 16.5 Å². The van der Waals surface area contributed by atoms with E-state index in [-0.39, 0.29) is 5.82 Å². The molecule has 10 heteroatoms. The van der Waals surface area contributed by atoms with Gasteiger partial charge in [-0.15, -0.1) is 16.4 Å². The molecule has 0 saturated carbocycles. The lowest BCUT2D eigenvalue weighted by Crippen LogP contribution is -2.03. The van der Waals surface area contributed by atoms with Crippen molar-refractivity contribution < 1.29 is 13.5 Å². The molecule has 7 nitrogen and oxygen atoms in total. The van der Waals surface area contributed by atoms with Crippen molar-refractivity contribution in [3.63, 3.8) is 0 Å². The summed E-state index contributed by atoms with van der Waals surface area (Å²) in [5.74, 6) is 1.76. The predicted octanol–water partition coefficient (Wildman–Crippen LogP) is 3.78. The van der Waals surface area contributed by atoms with Crippen molar-refractivity contribution in [3.8, 4) is 5.75 Å². The third-order valence-electron chi connectivity index (χ3n) is 3.51. The van der Waals surface area contributed by atoms with E-state index in [1.54, 1.807) is 23.1 Å². The zero-order valence-electron chi connectivity index (χ0n) is 14.0. The maximum Gasteiger partial charge on any atom is 0.210 e. The van der Waals surface area contributed by atoms with Crippen molar-refractivity contribution in [1.82, 2.24) is 25.2 Å². The van der Waals surface area contributed by atoms with Gasteiger partial charge >= 0.3 is 0 Å². The Balaban J connectivity index is 1.31. The molecule has 4 aromatic rings. The SMILES string of the molecule is Fc1ccc(OCc2nc(CSc3nnnn3Cc3ccco3)cs2)cc1. The summed E-state index contributed by atoms with van der Waals surface area (Å²) in [7, 11) is 0. The quantitative estimate of drug-likeness (QED) is 0.414. The van der Waals surface area contributed by atoms with Gasteiger partial charge < -0.3 is 9.15 Å². The highest BCUT2D eigenvalue weighted by atomic mass is 32.2. The van der Waals surface area contributed by atoms with Gasteiger partial charge in [0.2, 0.25) is 5.16 Å². The molecule has 27 heavy (non-hydrogen) atoms. The first kappa shape index (κ1) is 17.7. The van der Waals surface area contributed by atoms with Crippen LogP contribution in [0.3, 0.4) is 0 Å². The molecule has 0 atom stereocenters. The molecular weight excluding hydrogens is 389 g/mol. The average Bonchev–Trinajstić information content (AvgIpc) is 3.42. The number of hydrogen-bond acceptors (Lipinski definition) is 8. The Labute approximate surface area is 162 Å². The molecule has 0 aliphatic heterocycles. The third-order valence-corrected chi connectivity index (χ3v) is 5.37. The molecule has 0 radical (unpaired) electrons. The van der Waals surface area contributed by atoms with E-state index in [9.17, 15) is 4.39 Å². The first-order valence-corrected chi connectivity index (χ1v) is 9.86. The lowest BCUT2D eigenvalue weighted by molar-refractivity contribution is 0.305. The van der Waals surface area contributed by atoms with Crippen LogP contribution in [0, 0.1) is 5.82 Å². The number of halogens is 1. The summed E-state index contributed by atoms with van der Waals surface area (Å²) < 4.78 is 25.5. The highest BCUT2D eigenvalue weighted by molar-refractivity contribution is 7.98. The molecule has 138 valence electrons. The van der Waals surface area contributed by atoms with Crippen molar-refractivity contribution in [2.75, 3.05) is 0 Å². The third kappa shape index (κ3) is 4.72. The molecule has 0 N–H and O–H groups in total. The van der Waals surface area contributed by atoms with Gasteiger partial charge in [0.15, 0.2) is 0 Å². The van der Waals surface area contributed by atoms with E-state index in [1.807, 2.05) is 17.5 Å². The number of aromatic nitrogens is 5. The number of benzene rings is 1. The lowest BCUT2D eigenvalue weighted by Gasteiger charge is -2.03. The van der Waals surface area contributed by atoms with Crippen LogP contribution >= 0.6 is 23.1 Å². The number of rotatable bonds is 8. The number of hydrogen-bond donors (Lipinski definition) is 0. The summed E-state index contributed by atoms with van der Waals surface area (Å²) in [6.07, 6.45) is 1.62. The van der Waals surface area contributed by atoms with Gasteiger partial charge in [0.25, 0.3) is 0 Å². The van der Waals surface area contributed by atoms with Crippen molar-refractivity contribution in [1.29, 1.82) is 0 Å². The molecule has 0 bridgehead atoms. The van der Waals surface area contributed by atoms with Crippen LogP contribution < -0.4 is 4.74 Å². The van der Waals surface area contributed by atoms with E-state index in [1.165, 1.54) is 35.2 Å². The van der Waals surface area contributed by atoms with Crippen LogP contribution in [-0.2, 0) is 18.9 Å². The Bertz CT molecular complexity index is 985. The highest BCUT2D eigenvalue weighted by Gasteiger charge is 2.11. The lowest BCUT2D eigenvalue weighted by atomic mass is 10.3. The predicted molar refractivity (Wildman–Crippen MR) is 98.0 cm³/mol. The number of thiazole rings is 1. The molecule has 0 fully saturated rings. The second-order valence-electron chi connectivity index (χ2n) is 5.46. The topological polar surface area (TPSA) is 78.9 Å². The second kappa shape index (κ2) is 8.31. The summed E-state index contributed by atoms with van der Waals surface area (Å²) >= 11 is 3.03. The van der Waals surface area contributed by atoms with Crippen molar-refractivity contribution >= 4 is 23.1 Å². The minimum atomic E-state index is -0.287. The first-order valence-electron chi connectivity index (χ1n) is 7.99. The first-order chi connectivity index (χ1) is 13.3. The molecule has 0 saturated heterocycles. The summed E-state index contributed by atoms with van der Waals surface area (Å²) in [4.78, 5) is 4.55. The van der Waals surface area contributed by atoms with E-state index in [4.69, 9.17) is 9.15 Å². The molecule has 0 spiro atoms. The molecule has 0 unspecified atom stereocenters. The number of ether oxygens (including phenoxy) is 1. The number of thioether (sulfide) groups is 1. The van der Waals surface area contributed by atoms with Gasteiger partial charge in [0.05, 0.1) is 12.0 Å². The largest absolute Gasteiger partial charge is 0.486 e. The molecule has 4 rings (SSSR count). The standard InChI is InChI=1S/C17H14FN5O2S2/c18-12-3-5-14(6-4-12)25-9-16-19-13(10-26-16)11-27-17-20-21-22-23(17)8-15-2-1-7-24-15/h1-7,10H,8-9,11H2. The number of tetrazole rings is 1. The van der Waals surface area contributed by atoms with Crippen LogP contribution in [0.15, 0.2) is 57.6 Å². The van der Waals surface area contributed by atoms with Crippen LogP contribution in [0.5, 0.6) is 5.75 Å². The molecule has 1 aromatic carbocycles. The summed E-state index contributed by atoms with van der Waals surface area (Å²) in [6, 6.07) is 9.64. The Hall–Kier alpha value is -2.72. The Kier molecular flexibility index (Phi) is 5.45. The minimum absolute atomic E-state index is 0.287. The van der Waals surface area contributed by atoms with Crippen LogP contribution in [0.4, 0.5) is 4.39 Å². The Morgan fingerprint density at radius 3 is 2.93 bits per heavy atom. The van der Waals surface area contributed by atoms with Crippen molar-refractivity contribution in [3.05, 3.63) is 70.3 Å². The Morgan fingerprint density at radius 1 is 1.22 bits per heavy atom. The summed E-state index contributed by atoms with van der Waals surface area (Å²) in [5, 5.41) is 15.3. The molecule has 3 heterocycles. The minimum Gasteiger partial charge on any atom is -0.486 e. The fourth-order valence-corrected chi connectivity index (χ4v) is 3.82. The van der Waals surface area contributed by atoms with E-state index >= 15 is 0 Å². The highest BCUT2D eigenvalue weighted by Crippen LogP contribution is 2.23. The van der Waals surface area contributed by atoms with Gasteiger partial charge in [-0.2, -0.15) is 0 Å². The van der Waals surface area contributed by atoms with Gasteiger partial charge in [0, 0.05) is 11.1 Å². The van der Waals surface area contributed by atoms with Crippen LogP contribution in [-0.4, -0.2) is 25.2 Å². The zero-order chi connectivity index (χ0) is 18.5. The fraction of sp³-hybridized carbons (Fsp3) is 0.176. The second-order valence-corrected chi connectivity index (χ2v) is 7.35. The van der Waals surface area contributed by atoms with Crippen LogP contribution in [0.25, 0.3) is 0 Å². The Morgan fingerprint density at radius 2 is 2.11 bits per heavy atom. The monoisotopic (exact) mass is 403 g/mol. The smallest absolute Gasteiger partial charge is 0.210 e. The maximum absolute atomic E-state index is 12.9. The van der Waals surface area contributed by atoms with Gasteiger partial charge in [-0.1, -0.05) is 11.8 Å². The summed E-state index contributed by atoms with van der Waals surface area (Å²) in [5.41, 5.74) is 0.926. The zero-order valence-corrected chi connectivity index (χ0v) is 15.6. The molecule has 0 amide bonds. The number of nitrogens with zero attached hydrogens (tertiary/aromatic N) is 5. The normalized spacial score (nSPS) is 11.0. The maximum atomic E-state index is 12.9. The fourth-order valence-electron chi connectivity index (χ4n) is 2.25.